The lowest BCUT2D eigenvalue weighted by Gasteiger charge is -2.46. The number of piperidine rings is 2. The minimum absolute atomic E-state index is 0.00261. The first-order valence-electron chi connectivity index (χ1n) is 15.9. The molecule has 5 rings (SSSR count). The molecule has 3 saturated heterocycles. The summed E-state index contributed by atoms with van der Waals surface area (Å²) in [5.74, 6) is -0.915. The molecule has 5 heterocycles. The molecule has 5 aliphatic rings. The Kier molecular flexibility index (Phi) is 11.2. The van der Waals surface area contributed by atoms with Gasteiger partial charge in [0.25, 0.3) is 0 Å². The highest BCUT2D eigenvalue weighted by atomic mass is 19.1. The van der Waals surface area contributed by atoms with Crippen molar-refractivity contribution in [1.82, 2.24) is 26.2 Å². The number of rotatable bonds is 6. The minimum atomic E-state index is -1.15. The predicted octanol–water partition coefficient (Wildman–Crippen LogP) is 1.30. The van der Waals surface area contributed by atoms with Crippen LogP contribution in [0.3, 0.4) is 0 Å². The lowest BCUT2D eigenvalue weighted by Crippen LogP contribution is -2.68. The molecule has 6 N–H and O–H groups in total. The molecule has 2 amide bonds. The van der Waals surface area contributed by atoms with Crippen LogP contribution in [0.1, 0.15) is 72.1 Å². The van der Waals surface area contributed by atoms with Crippen molar-refractivity contribution in [2.24, 2.45) is 23.0 Å². The summed E-state index contributed by atoms with van der Waals surface area (Å²) in [5.41, 5.74) is 6.80. The number of likely N-dealkylation sites (tertiary alicyclic amines) is 1. The number of nitrogens with zero attached hydrogens (tertiary/aromatic N) is 2. The quantitative estimate of drug-likeness (QED) is 0.302. The van der Waals surface area contributed by atoms with Gasteiger partial charge in [-0.2, -0.15) is 0 Å². The van der Waals surface area contributed by atoms with Gasteiger partial charge in [-0.15, -0.1) is 0 Å². The van der Waals surface area contributed by atoms with Gasteiger partial charge in [0.1, 0.15) is 18.6 Å². The van der Waals surface area contributed by atoms with E-state index in [1.807, 2.05) is 11.5 Å². The van der Waals surface area contributed by atoms with Crippen molar-refractivity contribution in [3.05, 3.63) is 0 Å². The second kappa shape index (κ2) is 14.2. The first-order valence-corrected chi connectivity index (χ1v) is 15.9. The van der Waals surface area contributed by atoms with Crippen LogP contribution in [0, 0.1) is 17.3 Å². The van der Waals surface area contributed by atoms with Gasteiger partial charge in [0.15, 0.2) is 18.4 Å². The van der Waals surface area contributed by atoms with Gasteiger partial charge < -0.3 is 21.7 Å². The van der Waals surface area contributed by atoms with Crippen LogP contribution >= 0.6 is 0 Å². The Morgan fingerprint density at radius 3 is 2.56 bits per heavy atom. The fourth-order valence-electron chi connectivity index (χ4n) is 8.02. The molecule has 9 nitrogen and oxygen atoms in total. The standard InChI is InChI=1S/C30H53F2N7O2/c1-5-11-30(3)12-6-13-39-18-21(31)7-8-24(30)37-27(33)25(19(39)2)29(41)36-23-17-35-16-22(32)26(23)38-14-9-20(10-15-38)28(40)34-4/h18-27,35,37H,5-17,33H2,1-4H3,(H-,34,36,40,41)/p+1. The van der Waals surface area contributed by atoms with E-state index in [4.69, 9.17) is 5.73 Å². The van der Waals surface area contributed by atoms with E-state index in [0.717, 1.165) is 25.7 Å². The maximum Gasteiger partial charge on any atom is 0.233 e. The van der Waals surface area contributed by atoms with E-state index in [0.29, 0.717) is 51.9 Å². The summed E-state index contributed by atoms with van der Waals surface area (Å²) in [6.45, 7) is 8.97. The Morgan fingerprint density at radius 2 is 1.88 bits per heavy atom. The lowest BCUT2D eigenvalue weighted by atomic mass is 9.72. The summed E-state index contributed by atoms with van der Waals surface area (Å²) in [4.78, 5) is 28.4. The van der Waals surface area contributed by atoms with E-state index in [1.54, 1.807) is 13.3 Å². The van der Waals surface area contributed by atoms with E-state index >= 15 is 8.78 Å². The third-order valence-electron chi connectivity index (χ3n) is 10.4. The Bertz CT molecular complexity index is 931. The SMILES string of the molecule is CCCC1(C)CCC[N+]2=CC(F)CCC1NC(N)C(C(=O)NC1CNCC(F)C1N1CCC(C(=O)NC)CC1)C2C. The summed E-state index contributed by atoms with van der Waals surface area (Å²) >= 11 is 0. The van der Waals surface area contributed by atoms with Crippen molar-refractivity contribution < 1.29 is 22.9 Å². The van der Waals surface area contributed by atoms with Crippen molar-refractivity contribution >= 4 is 18.0 Å². The number of carbonyl (C=O) groups is 2. The van der Waals surface area contributed by atoms with Crippen molar-refractivity contribution in [2.45, 2.75) is 115 Å². The lowest BCUT2D eigenvalue weighted by molar-refractivity contribution is -0.568. The van der Waals surface area contributed by atoms with E-state index in [-0.39, 0.29) is 41.8 Å². The smallest absolute Gasteiger partial charge is 0.233 e. The molecule has 0 aliphatic carbocycles. The van der Waals surface area contributed by atoms with Gasteiger partial charge in [0, 0.05) is 38.5 Å². The van der Waals surface area contributed by atoms with Crippen LogP contribution in [-0.2, 0) is 9.59 Å². The van der Waals surface area contributed by atoms with E-state index in [9.17, 15) is 9.59 Å². The molecule has 2 bridgehead atoms. The van der Waals surface area contributed by atoms with Crippen LogP contribution in [0.15, 0.2) is 0 Å². The third kappa shape index (κ3) is 7.46. The predicted molar refractivity (Wildman–Crippen MR) is 157 cm³/mol. The van der Waals surface area contributed by atoms with Crippen molar-refractivity contribution in [2.75, 3.05) is 39.8 Å². The van der Waals surface area contributed by atoms with E-state index in [2.05, 4.69) is 40.0 Å². The fourth-order valence-corrected chi connectivity index (χ4v) is 8.02. The summed E-state index contributed by atoms with van der Waals surface area (Å²) < 4.78 is 32.6. The van der Waals surface area contributed by atoms with Gasteiger partial charge in [-0.3, -0.25) is 19.8 Å². The number of hydrogen-bond donors (Lipinski definition) is 5. The molecule has 0 aromatic carbocycles. The molecular weight excluding hydrogens is 528 g/mol. The molecule has 9 unspecified atom stereocenters. The zero-order valence-electron chi connectivity index (χ0n) is 25.5. The topological polar surface area (TPSA) is 115 Å². The molecular formula is C30H54F2N7O2+. The van der Waals surface area contributed by atoms with Gasteiger partial charge >= 0.3 is 0 Å². The number of hydrogen-bond acceptors (Lipinski definition) is 6. The molecule has 11 heteroatoms. The third-order valence-corrected chi connectivity index (χ3v) is 10.4. The summed E-state index contributed by atoms with van der Waals surface area (Å²) in [6.07, 6.45) is 5.18. The number of nitrogens with two attached hydrogens (primary N) is 1. The molecule has 0 aromatic heterocycles. The molecule has 3 fully saturated rings. The first-order chi connectivity index (χ1) is 19.6. The van der Waals surface area contributed by atoms with Gasteiger partial charge in [-0.1, -0.05) is 20.3 Å². The summed E-state index contributed by atoms with van der Waals surface area (Å²) in [6, 6.07) is -1.26. The average Bonchev–Trinajstić information content (AvgIpc) is 2.94. The Labute approximate surface area is 244 Å². The second-order valence-electron chi connectivity index (χ2n) is 13.2. The molecule has 9 atom stereocenters. The number of halogens is 2. The van der Waals surface area contributed by atoms with Crippen LogP contribution in [0.25, 0.3) is 0 Å². The van der Waals surface area contributed by atoms with E-state index < -0.39 is 36.5 Å². The van der Waals surface area contributed by atoms with Crippen LogP contribution in [-0.4, -0.2) is 110 Å². The normalized spacial score (nSPS) is 39.7. The molecule has 0 spiro atoms. The number of nitrogens with one attached hydrogen (secondary N) is 4. The maximum atomic E-state index is 15.5. The Morgan fingerprint density at radius 1 is 1.15 bits per heavy atom. The van der Waals surface area contributed by atoms with Crippen molar-refractivity contribution in [3.63, 3.8) is 0 Å². The van der Waals surface area contributed by atoms with Crippen LogP contribution in [0.4, 0.5) is 8.78 Å². The largest absolute Gasteiger partial charge is 0.359 e. The van der Waals surface area contributed by atoms with Gasteiger partial charge in [0.05, 0.1) is 18.2 Å². The molecule has 0 aromatic rings. The van der Waals surface area contributed by atoms with Gasteiger partial charge in [0.2, 0.25) is 11.8 Å². The molecule has 5 aliphatic heterocycles. The summed E-state index contributed by atoms with van der Waals surface area (Å²) in [7, 11) is 1.65. The number of fused-ring (bicyclic) bond motifs is 9. The molecule has 0 radical (unpaired) electrons. The average molecular weight is 583 g/mol. The first kappa shape index (κ1) is 32.2. The van der Waals surface area contributed by atoms with E-state index in [1.165, 1.54) is 0 Å². The molecule has 0 saturated carbocycles. The number of amides is 2. The molecule has 234 valence electrons. The fraction of sp³-hybridized carbons (Fsp3) is 0.900. The summed E-state index contributed by atoms with van der Waals surface area (Å²) in [5, 5.41) is 12.7. The minimum Gasteiger partial charge on any atom is -0.359 e. The highest BCUT2D eigenvalue weighted by Crippen LogP contribution is 2.37. The van der Waals surface area contributed by atoms with Gasteiger partial charge in [-0.05, 0) is 64.0 Å². The molecule has 41 heavy (non-hydrogen) atoms. The monoisotopic (exact) mass is 582 g/mol. The number of alkyl halides is 2. The van der Waals surface area contributed by atoms with Crippen LogP contribution in [0.5, 0.6) is 0 Å². The van der Waals surface area contributed by atoms with Crippen molar-refractivity contribution in [1.29, 1.82) is 0 Å². The highest BCUT2D eigenvalue weighted by Gasteiger charge is 2.46. The van der Waals surface area contributed by atoms with Gasteiger partial charge in [-0.25, -0.2) is 13.4 Å². The van der Waals surface area contributed by atoms with Crippen LogP contribution < -0.4 is 27.0 Å². The highest BCUT2D eigenvalue weighted by molar-refractivity contribution is 5.80. The zero-order chi connectivity index (χ0) is 29.7. The van der Waals surface area contributed by atoms with Crippen LogP contribution in [0.2, 0.25) is 0 Å². The Hall–Kier alpha value is -1.69. The number of carbonyl (C=O) groups excluding carboxylic acids is 2. The van der Waals surface area contributed by atoms with Crippen molar-refractivity contribution in [3.8, 4) is 0 Å². The zero-order valence-corrected chi connectivity index (χ0v) is 25.5. The maximum absolute atomic E-state index is 15.5. The Balaban J connectivity index is 1.56. The second-order valence-corrected chi connectivity index (χ2v) is 13.2.